The minimum atomic E-state index is -0.222. The SMILES string of the molecule is COc1ccccc1C(=O)NC(=S)N(C)C1CCCCC1. The predicted molar refractivity (Wildman–Crippen MR) is 87.7 cm³/mol. The summed E-state index contributed by atoms with van der Waals surface area (Å²) in [4.78, 5) is 14.3. The van der Waals surface area contributed by atoms with Crippen molar-refractivity contribution in [2.75, 3.05) is 14.2 Å². The van der Waals surface area contributed by atoms with Gasteiger partial charge in [0.15, 0.2) is 5.11 Å². The normalized spacial score (nSPS) is 15.3. The van der Waals surface area contributed by atoms with E-state index < -0.39 is 0 Å². The van der Waals surface area contributed by atoms with Gasteiger partial charge in [0.25, 0.3) is 5.91 Å². The van der Waals surface area contributed by atoms with E-state index in [1.165, 1.54) is 19.3 Å². The number of rotatable bonds is 3. The molecule has 0 unspecified atom stereocenters. The Balaban J connectivity index is 1.99. The van der Waals surface area contributed by atoms with Crippen LogP contribution in [0.25, 0.3) is 0 Å². The Bertz CT molecular complexity index is 513. The molecule has 21 heavy (non-hydrogen) atoms. The maximum Gasteiger partial charge on any atom is 0.261 e. The number of thiocarbonyl (C=S) groups is 1. The van der Waals surface area contributed by atoms with Crippen molar-refractivity contribution in [3.8, 4) is 5.75 Å². The van der Waals surface area contributed by atoms with Crippen LogP contribution < -0.4 is 10.1 Å². The maximum absolute atomic E-state index is 12.3. The van der Waals surface area contributed by atoms with Crippen molar-refractivity contribution in [1.29, 1.82) is 0 Å². The van der Waals surface area contributed by atoms with Gasteiger partial charge in [-0.2, -0.15) is 0 Å². The van der Waals surface area contributed by atoms with Gasteiger partial charge in [-0.25, -0.2) is 0 Å². The van der Waals surface area contributed by atoms with Crippen molar-refractivity contribution < 1.29 is 9.53 Å². The fourth-order valence-electron chi connectivity index (χ4n) is 2.72. The Hall–Kier alpha value is -1.62. The fourth-order valence-corrected chi connectivity index (χ4v) is 2.96. The van der Waals surface area contributed by atoms with Crippen LogP contribution in [-0.4, -0.2) is 36.1 Å². The van der Waals surface area contributed by atoms with Crippen molar-refractivity contribution in [2.24, 2.45) is 0 Å². The third-order valence-corrected chi connectivity index (χ3v) is 4.40. The first-order valence-corrected chi connectivity index (χ1v) is 7.75. The molecule has 1 fully saturated rings. The van der Waals surface area contributed by atoms with Crippen LogP contribution in [0.5, 0.6) is 5.75 Å². The maximum atomic E-state index is 12.3. The van der Waals surface area contributed by atoms with Crippen molar-refractivity contribution in [2.45, 2.75) is 38.1 Å². The first-order valence-electron chi connectivity index (χ1n) is 7.34. The van der Waals surface area contributed by atoms with E-state index in [1.807, 2.05) is 24.1 Å². The molecule has 1 amide bonds. The molecule has 1 aliphatic carbocycles. The number of nitrogens with one attached hydrogen (secondary N) is 1. The van der Waals surface area contributed by atoms with Crippen LogP contribution in [0.2, 0.25) is 0 Å². The second-order valence-corrected chi connectivity index (χ2v) is 5.75. The Morgan fingerprint density at radius 3 is 2.62 bits per heavy atom. The molecule has 1 aromatic carbocycles. The molecular formula is C16H22N2O2S. The number of carbonyl (C=O) groups is 1. The lowest BCUT2D eigenvalue weighted by molar-refractivity contribution is 0.0969. The lowest BCUT2D eigenvalue weighted by Gasteiger charge is -2.32. The highest BCUT2D eigenvalue weighted by Gasteiger charge is 2.22. The van der Waals surface area contributed by atoms with Gasteiger partial charge >= 0.3 is 0 Å². The molecule has 114 valence electrons. The zero-order valence-electron chi connectivity index (χ0n) is 12.6. The van der Waals surface area contributed by atoms with Crippen LogP contribution in [0.4, 0.5) is 0 Å². The third-order valence-electron chi connectivity index (χ3n) is 4.01. The molecule has 4 nitrogen and oxygen atoms in total. The first-order chi connectivity index (χ1) is 10.1. The molecular weight excluding hydrogens is 284 g/mol. The molecule has 0 spiro atoms. The van der Waals surface area contributed by atoms with Gasteiger partial charge in [0.2, 0.25) is 0 Å². The van der Waals surface area contributed by atoms with E-state index in [4.69, 9.17) is 17.0 Å². The van der Waals surface area contributed by atoms with Crippen LogP contribution in [0.1, 0.15) is 42.5 Å². The smallest absolute Gasteiger partial charge is 0.261 e. The Kier molecular flexibility index (Phi) is 5.56. The van der Waals surface area contributed by atoms with Crippen LogP contribution in [0.3, 0.4) is 0 Å². The fraction of sp³-hybridized carbons (Fsp3) is 0.500. The summed E-state index contributed by atoms with van der Waals surface area (Å²) < 4.78 is 5.21. The Morgan fingerprint density at radius 1 is 1.29 bits per heavy atom. The number of amides is 1. The van der Waals surface area contributed by atoms with Crippen LogP contribution in [0.15, 0.2) is 24.3 Å². The van der Waals surface area contributed by atoms with E-state index in [9.17, 15) is 4.79 Å². The topological polar surface area (TPSA) is 41.6 Å². The predicted octanol–water partition coefficient (Wildman–Crippen LogP) is 2.97. The molecule has 0 saturated heterocycles. The number of methoxy groups -OCH3 is 1. The summed E-state index contributed by atoms with van der Waals surface area (Å²) in [6.45, 7) is 0. The van der Waals surface area contributed by atoms with Crippen molar-refractivity contribution >= 4 is 23.2 Å². The van der Waals surface area contributed by atoms with Gasteiger partial charge in [0.1, 0.15) is 5.75 Å². The molecule has 0 heterocycles. The summed E-state index contributed by atoms with van der Waals surface area (Å²) in [7, 11) is 3.51. The third kappa shape index (κ3) is 3.94. The van der Waals surface area contributed by atoms with Gasteiger partial charge in [0.05, 0.1) is 12.7 Å². The van der Waals surface area contributed by atoms with Gasteiger partial charge in [-0.1, -0.05) is 31.4 Å². The minimum absolute atomic E-state index is 0.222. The van der Waals surface area contributed by atoms with E-state index in [2.05, 4.69) is 5.32 Å². The molecule has 0 radical (unpaired) electrons. The van der Waals surface area contributed by atoms with Crippen LogP contribution >= 0.6 is 12.2 Å². The number of nitrogens with zero attached hydrogens (tertiary/aromatic N) is 1. The van der Waals surface area contributed by atoms with E-state index in [0.29, 0.717) is 22.5 Å². The lowest BCUT2D eigenvalue weighted by Crippen LogP contribution is -2.46. The average molecular weight is 306 g/mol. The van der Waals surface area contributed by atoms with Gasteiger partial charge < -0.3 is 9.64 Å². The molecule has 0 atom stereocenters. The number of hydrogen-bond acceptors (Lipinski definition) is 3. The zero-order valence-corrected chi connectivity index (χ0v) is 13.4. The zero-order chi connectivity index (χ0) is 15.2. The highest BCUT2D eigenvalue weighted by molar-refractivity contribution is 7.80. The molecule has 0 aliphatic heterocycles. The van der Waals surface area contributed by atoms with Crippen molar-refractivity contribution in [3.63, 3.8) is 0 Å². The summed E-state index contributed by atoms with van der Waals surface area (Å²) in [5, 5.41) is 3.29. The van der Waals surface area contributed by atoms with Crippen LogP contribution in [-0.2, 0) is 0 Å². The van der Waals surface area contributed by atoms with Crippen molar-refractivity contribution in [1.82, 2.24) is 10.2 Å². The van der Waals surface area contributed by atoms with Crippen LogP contribution in [0, 0.1) is 0 Å². The summed E-state index contributed by atoms with van der Waals surface area (Å²) in [5.41, 5.74) is 0.499. The largest absolute Gasteiger partial charge is 0.496 e. The molecule has 5 heteroatoms. The highest BCUT2D eigenvalue weighted by atomic mass is 32.1. The average Bonchev–Trinajstić information content (AvgIpc) is 2.54. The number of carbonyl (C=O) groups excluding carboxylic acids is 1. The summed E-state index contributed by atoms with van der Waals surface area (Å²) >= 11 is 5.37. The second kappa shape index (κ2) is 7.41. The van der Waals surface area contributed by atoms with E-state index in [0.717, 1.165) is 12.8 Å². The van der Waals surface area contributed by atoms with E-state index in [-0.39, 0.29) is 5.91 Å². The number of para-hydroxylation sites is 1. The van der Waals surface area contributed by atoms with E-state index in [1.54, 1.807) is 19.2 Å². The Morgan fingerprint density at radius 2 is 1.95 bits per heavy atom. The summed E-state index contributed by atoms with van der Waals surface area (Å²) in [6, 6.07) is 7.58. The monoisotopic (exact) mass is 306 g/mol. The quantitative estimate of drug-likeness (QED) is 0.872. The summed E-state index contributed by atoms with van der Waals surface area (Å²) in [6.07, 6.45) is 6.04. The molecule has 1 aromatic rings. The van der Waals surface area contributed by atoms with Gasteiger partial charge in [-0.15, -0.1) is 0 Å². The molecule has 1 saturated carbocycles. The molecule has 0 aromatic heterocycles. The first kappa shape index (κ1) is 15.8. The summed E-state index contributed by atoms with van der Waals surface area (Å²) in [5.74, 6) is 0.332. The number of ether oxygens (including phenoxy) is 1. The molecule has 1 aliphatic rings. The number of hydrogen-bond donors (Lipinski definition) is 1. The van der Waals surface area contributed by atoms with Crippen molar-refractivity contribution in [3.05, 3.63) is 29.8 Å². The van der Waals surface area contributed by atoms with Gasteiger partial charge in [0, 0.05) is 13.1 Å². The molecule has 1 N–H and O–H groups in total. The van der Waals surface area contributed by atoms with Gasteiger partial charge in [-0.05, 0) is 37.2 Å². The minimum Gasteiger partial charge on any atom is -0.496 e. The molecule has 0 bridgehead atoms. The Labute approximate surface area is 131 Å². The van der Waals surface area contributed by atoms with E-state index >= 15 is 0 Å². The number of benzene rings is 1. The molecule has 2 rings (SSSR count). The van der Waals surface area contributed by atoms with Gasteiger partial charge in [-0.3, -0.25) is 10.1 Å². The highest BCUT2D eigenvalue weighted by Crippen LogP contribution is 2.22. The lowest BCUT2D eigenvalue weighted by atomic mass is 9.95. The second-order valence-electron chi connectivity index (χ2n) is 5.36. The standard InChI is InChI=1S/C16H22N2O2S/c1-18(12-8-4-3-5-9-12)16(21)17-15(19)13-10-6-7-11-14(13)20-2/h6-7,10-12H,3-5,8-9H2,1-2H3,(H,17,19,21).